The molecule has 4 heteroatoms. The minimum Gasteiger partial charge on any atom is -0.444 e. The fraction of sp³-hybridized carbons (Fsp3) is 0.500. The number of amides is 1. The lowest BCUT2D eigenvalue weighted by Crippen LogP contribution is -2.37. The number of hydrogen-bond acceptors (Lipinski definition) is 3. The minimum atomic E-state index is -0.800. The lowest BCUT2D eigenvalue weighted by atomic mass is 10.1. The molecule has 0 aromatic heterocycles. The van der Waals surface area contributed by atoms with Crippen molar-refractivity contribution < 1.29 is 14.6 Å². The van der Waals surface area contributed by atoms with Gasteiger partial charge in [0, 0.05) is 0 Å². The maximum atomic E-state index is 11.4. The van der Waals surface area contributed by atoms with Gasteiger partial charge in [-0.05, 0) is 33.3 Å². The molecule has 2 N–H and O–H groups in total. The fourth-order valence-corrected chi connectivity index (χ4v) is 1.13. The van der Waals surface area contributed by atoms with E-state index in [1.165, 1.54) is 0 Å². The van der Waals surface area contributed by atoms with E-state index in [0.29, 0.717) is 5.57 Å². The van der Waals surface area contributed by atoms with E-state index in [4.69, 9.17) is 4.74 Å². The zero-order valence-electron chi connectivity index (χ0n) is 11.6. The van der Waals surface area contributed by atoms with E-state index >= 15 is 0 Å². The molecule has 0 radical (unpaired) electrons. The molecule has 0 rings (SSSR count). The highest BCUT2D eigenvalue weighted by Gasteiger charge is 2.17. The van der Waals surface area contributed by atoms with Crippen molar-refractivity contribution >= 4 is 6.09 Å². The second-order valence-corrected chi connectivity index (χ2v) is 4.80. The van der Waals surface area contributed by atoms with Gasteiger partial charge in [-0.1, -0.05) is 30.9 Å². The second-order valence-electron chi connectivity index (χ2n) is 4.80. The summed E-state index contributed by atoms with van der Waals surface area (Å²) in [7, 11) is 0. The Balaban J connectivity index is 4.28. The Kier molecular flexibility index (Phi) is 7.05. The highest BCUT2D eigenvalue weighted by atomic mass is 16.6. The molecule has 0 heterocycles. The normalized spacial score (nSPS) is 14.4. The van der Waals surface area contributed by atoms with Crippen LogP contribution in [-0.4, -0.2) is 29.4 Å². The monoisotopic (exact) mass is 253 g/mol. The van der Waals surface area contributed by atoms with Gasteiger partial charge in [0.15, 0.2) is 0 Å². The Morgan fingerprint density at radius 2 is 2.11 bits per heavy atom. The van der Waals surface area contributed by atoms with E-state index in [2.05, 4.69) is 11.9 Å². The first-order chi connectivity index (χ1) is 8.30. The van der Waals surface area contributed by atoms with Crippen LogP contribution < -0.4 is 5.32 Å². The van der Waals surface area contributed by atoms with E-state index in [-0.39, 0.29) is 6.54 Å². The number of alkyl carbamates (subject to hydrolysis) is 1. The van der Waals surface area contributed by atoms with Crippen LogP contribution in [0.2, 0.25) is 0 Å². The van der Waals surface area contributed by atoms with Crippen molar-refractivity contribution in [2.45, 2.75) is 39.4 Å². The van der Waals surface area contributed by atoms with Crippen molar-refractivity contribution in [3.8, 4) is 0 Å². The molecule has 18 heavy (non-hydrogen) atoms. The third-order valence-electron chi connectivity index (χ3n) is 1.94. The van der Waals surface area contributed by atoms with Crippen LogP contribution in [0, 0.1) is 0 Å². The number of allylic oxidation sites excluding steroid dienone is 3. The molecular weight excluding hydrogens is 230 g/mol. The van der Waals surface area contributed by atoms with Crippen molar-refractivity contribution in [2.75, 3.05) is 6.54 Å². The quantitative estimate of drug-likeness (QED) is 0.740. The van der Waals surface area contributed by atoms with Crippen molar-refractivity contribution in [1.29, 1.82) is 0 Å². The van der Waals surface area contributed by atoms with Crippen LogP contribution in [0.25, 0.3) is 0 Å². The zero-order chi connectivity index (χ0) is 14.2. The summed E-state index contributed by atoms with van der Waals surface area (Å²) in [6.45, 7) is 10.9. The van der Waals surface area contributed by atoms with Gasteiger partial charge < -0.3 is 15.2 Å². The fourth-order valence-electron chi connectivity index (χ4n) is 1.13. The number of carbonyl (C=O) groups is 1. The molecule has 0 aliphatic carbocycles. The lowest BCUT2D eigenvalue weighted by molar-refractivity contribution is 0.0503. The van der Waals surface area contributed by atoms with Gasteiger partial charge in [-0.15, -0.1) is 0 Å². The van der Waals surface area contributed by atoms with Gasteiger partial charge in [-0.25, -0.2) is 4.79 Å². The molecule has 0 aliphatic rings. The topological polar surface area (TPSA) is 58.6 Å². The van der Waals surface area contributed by atoms with E-state index in [1.54, 1.807) is 39.0 Å². The van der Waals surface area contributed by atoms with Crippen molar-refractivity contribution in [3.05, 3.63) is 36.5 Å². The predicted octanol–water partition coefficient (Wildman–Crippen LogP) is 2.56. The van der Waals surface area contributed by atoms with Crippen LogP contribution in [0.3, 0.4) is 0 Å². The molecule has 0 spiro atoms. The SMILES string of the molecule is C=C/C(=C\C=C/C)[C@H](O)CNC(=O)OC(C)(C)C. The van der Waals surface area contributed by atoms with Crippen LogP contribution >= 0.6 is 0 Å². The summed E-state index contributed by atoms with van der Waals surface area (Å²) < 4.78 is 5.06. The molecule has 0 aliphatic heterocycles. The number of carbonyl (C=O) groups excluding carboxylic acids is 1. The smallest absolute Gasteiger partial charge is 0.407 e. The summed E-state index contributed by atoms with van der Waals surface area (Å²) in [5, 5.41) is 12.3. The summed E-state index contributed by atoms with van der Waals surface area (Å²) in [4.78, 5) is 11.4. The minimum absolute atomic E-state index is 0.0876. The number of aliphatic hydroxyl groups is 1. The molecule has 1 amide bonds. The summed E-state index contributed by atoms with van der Waals surface area (Å²) in [5.41, 5.74) is 0.0982. The van der Waals surface area contributed by atoms with Gasteiger partial charge >= 0.3 is 6.09 Å². The Labute approximate surface area is 109 Å². The first kappa shape index (κ1) is 16.4. The van der Waals surface area contributed by atoms with Gasteiger partial charge in [0.05, 0.1) is 12.6 Å². The standard InChI is InChI=1S/C14H23NO3/c1-6-8-9-11(7-2)12(16)10-15-13(17)18-14(3,4)5/h6-9,12,16H,2,10H2,1,3-5H3,(H,15,17)/b8-6-,11-9+/t12-/m1/s1. The van der Waals surface area contributed by atoms with Gasteiger partial charge in [0.25, 0.3) is 0 Å². The summed E-state index contributed by atoms with van der Waals surface area (Å²) >= 11 is 0. The molecule has 4 nitrogen and oxygen atoms in total. The van der Waals surface area contributed by atoms with E-state index in [9.17, 15) is 9.90 Å². The van der Waals surface area contributed by atoms with Gasteiger partial charge in [-0.3, -0.25) is 0 Å². The van der Waals surface area contributed by atoms with E-state index in [1.807, 2.05) is 13.0 Å². The zero-order valence-corrected chi connectivity index (χ0v) is 11.6. The average Bonchev–Trinajstić information content (AvgIpc) is 2.25. The van der Waals surface area contributed by atoms with Crippen LogP contribution in [-0.2, 0) is 4.74 Å². The van der Waals surface area contributed by atoms with Crippen molar-refractivity contribution in [2.24, 2.45) is 0 Å². The van der Waals surface area contributed by atoms with Crippen LogP contribution in [0.15, 0.2) is 36.5 Å². The number of hydrogen-bond donors (Lipinski definition) is 2. The molecule has 0 saturated carbocycles. The Hall–Kier alpha value is -1.55. The van der Waals surface area contributed by atoms with Gasteiger partial charge in [0.1, 0.15) is 5.60 Å². The molecule has 102 valence electrons. The number of ether oxygens (including phenoxy) is 1. The molecule has 0 aromatic rings. The van der Waals surface area contributed by atoms with Gasteiger partial charge in [-0.2, -0.15) is 0 Å². The lowest BCUT2D eigenvalue weighted by Gasteiger charge is -2.20. The molecular formula is C14H23NO3. The van der Waals surface area contributed by atoms with Crippen molar-refractivity contribution in [3.63, 3.8) is 0 Å². The first-order valence-electron chi connectivity index (χ1n) is 5.90. The van der Waals surface area contributed by atoms with Crippen LogP contribution in [0.4, 0.5) is 4.79 Å². The predicted molar refractivity (Wildman–Crippen MR) is 73.3 cm³/mol. The summed E-state index contributed by atoms with van der Waals surface area (Å²) in [6.07, 6.45) is 5.60. The Morgan fingerprint density at radius 3 is 2.56 bits per heavy atom. The van der Waals surface area contributed by atoms with E-state index in [0.717, 1.165) is 0 Å². The van der Waals surface area contributed by atoms with Crippen molar-refractivity contribution in [1.82, 2.24) is 5.32 Å². The van der Waals surface area contributed by atoms with Crippen LogP contribution in [0.1, 0.15) is 27.7 Å². The Morgan fingerprint density at radius 1 is 1.50 bits per heavy atom. The maximum Gasteiger partial charge on any atom is 0.407 e. The third kappa shape index (κ3) is 7.68. The second kappa shape index (κ2) is 7.71. The molecule has 0 unspecified atom stereocenters. The highest BCUT2D eigenvalue weighted by Crippen LogP contribution is 2.07. The first-order valence-corrected chi connectivity index (χ1v) is 5.90. The summed E-state index contributed by atoms with van der Waals surface area (Å²) in [5.74, 6) is 0. The van der Waals surface area contributed by atoms with Crippen LogP contribution in [0.5, 0.6) is 0 Å². The van der Waals surface area contributed by atoms with Gasteiger partial charge in [0.2, 0.25) is 0 Å². The third-order valence-corrected chi connectivity index (χ3v) is 1.94. The molecule has 0 fully saturated rings. The highest BCUT2D eigenvalue weighted by molar-refractivity contribution is 5.67. The Bertz CT molecular complexity index is 337. The largest absolute Gasteiger partial charge is 0.444 e. The van der Waals surface area contributed by atoms with E-state index < -0.39 is 17.8 Å². The molecule has 1 atom stereocenters. The number of aliphatic hydroxyl groups excluding tert-OH is 1. The number of nitrogens with one attached hydrogen (secondary N) is 1. The summed E-state index contributed by atoms with van der Waals surface area (Å²) in [6, 6.07) is 0. The average molecular weight is 253 g/mol. The molecule has 0 bridgehead atoms. The molecule has 0 saturated heterocycles. The maximum absolute atomic E-state index is 11.4. The number of rotatable bonds is 5. The molecule has 0 aromatic carbocycles.